The van der Waals surface area contributed by atoms with E-state index in [0.29, 0.717) is 24.5 Å². The fraction of sp³-hybridized carbons (Fsp3) is 0.462. The summed E-state index contributed by atoms with van der Waals surface area (Å²) in [5, 5.41) is 0. The van der Waals surface area contributed by atoms with Crippen LogP contribution in [0.4, 0.5) is 4.79 Å². The van der Waals surface area contributed by atoms with Gasteiger partial charge in [0.2, 0.25) is 10.0 Å². The largest absolute Gasteiger partial charge is 0.497 e. The number of nitrogens with one attached hydrogen (secondary N) is 1. The standard InChI is InChI=1S/C13H18N2O5S/c1-10-9-11(19-2)3-4-12(10)21(17,18)14-5-6-15-7-8-20-13(15)16/h3-4,9,14H,5-8H2,1-2H3. The number of rotatable bonds is 6. The smallest absolute Gasteiger partial charge is 0.409 e. The first-order valence-electron chi connectivity index (χ1n) is 6.50. The van der Waals surface area contributed by atoms with Crippen molar-refractivity contribution in [2.75, 3.05) is 33.4 Å². The van der Waals surface area contributed by atoms with E-state index in [0.717, 1.165) is 0 Å². The van der Waals surface area contributed by atoms with E-state index in [1.54, 1.807) is 19.1 Å². The van der Waals surface area contributed by atoms with E-state index in [9.17, 15) is 13.2 Å². The Balaban J connectivity index is 2.00. The summed E-state index contributed by atoms with van der Waals surface area (Å²) in [6, 6.07) is 4.76. The number of benzene rings is 1. The highest BCUT2D eigenvalue weighted by Gasteiger charge is 2.22. The molecule has 1 saturated heterocycles. The van der Waals surface area contributed by atoms with Crippen LogP contribution in [0.2, 0.25) is 0 Å². The van der Waals surface area contributed by atoms with Crippen LogP contribution in [0.5, 0.6) is 5.75 Å². The summed E-state index contributed by atoms with van der Waals surface area (Å²) in [5.74, 6) is 0.603. The first-order valence-corrected chi connectivity index (χ1v) is 7.98. The Kier molecular flexibility index (Phi) is 4.69. The molecule has 0 aliphatic carbocycles. The molecule has 7 nitrogen and oxygen atoms in total. The number of carbonyl (C=O) groups excluding carboxylic acids is 1. The Bertz CT molecular complexity index is 629. The zero-order valence-corrected chi connectivity index (χ0v) is 12.8. The van der Waals surface area contributed by atoms with Gasteiger partial charge in [-0.2, -0.15) is 0 Å². The van der Waals surface area contributed by atoms with Gasteiger partial charge in [-0.1, -0.05) is 0 Å². The van der Waals surface area contributed by atoms with Crippen LogP contribution in [0.15, 0.2) is 23.1 Å². The summed E-state index contributed by atoms with van der Waals surface area (Å²) in [6.45, 7) is 2.97. The van der Waals surface area contributed by atoms with Crippen LogP contribution < -0.4 is 9.46 Å². The maximum Gasteiger partial charge on any atom is 0.409 e. The second-order valence-corrected chi connectivity index (χ2v) is 6.37. The van der Waals surface area contributed by atoms with Crippen LogP contribution in [0, 0.1) is 6.92 Å². The molecular weight excluding hydrogens is 296 g/mol. The Morgan fingerprint density at radius 2 is 2.19 bits per heavy atom. The predicted molar refractivity (Wildman–Crippen MR) is 75.8 cm³/mol. The van der Waals surface area contributed by atoms with E-state index in [1.807, 2.05) is 0 Å². The molecule has 0 atom stereocenters. The van der Waals surface area contributed by atoms with E-state index in [4.69, 9.17) is 9.47 Å². The van der Waals surface area contributed by atoms with E-state index in [-0.39, 0.29) is 18.0 Å². The normalized spacial score (nSPS) is 15.1. The summed E-state index contributed by atoms with van der Waals surface area (Å²) in [7, 11) is -2.09. The van der Waals surface area contributed by atoms with Gasteiger partial charge in [0.1, 0.15) is 12.4 Å². The first-order chi connectivity index (χ1) is 9.94. The SMILES string of the molecule is COc1ccc(S(=O)(=O)NCCN2CCOC2=O)c(C)c1. The number of ether oxygens (including phenoxy) is 2. The van der Waals surface area contributed by atoms with Crippen LogP contribution >= 0.6 is 0 Å². The van der Waals surface area contributed by atoms with E-state index in [1.165, 1.54) is 18.1 Å². The lowest BCUT2D eigenvalue weighted by molar-refractivity contribution is 0.159. The van der Waals surface area contributed by atoms with Crippen molar-refractivity contribution >= 4 is 16.1 Å². The first kappa shape index (κ1) is 15.6. The van der Waals surface area contributed by atoms with Gasteiger partial charge in [-0.05, 0) is 30.7 Å². The molecule has 0 aromatic heterocycles. The minimum Gasteiger partial charge on any atom is -0.497 e. The number of sulfonamides is 1. The summed E-state index contributed by atoms with van der Waals surface area (Å²) >= 11 is 0. The molecule has 0 bridgehead atoms. The lowest BCUT2D eigenvalue weighted by Crippen LogP contribution is -2.35. The number of methoxy groups -OCH3 is 1. The summed E-state index contributed by atoms with van der Waals surface area (Å²) < 4.78 is 36.7. The lowest BCUT2D eigenvalue weighted by atomic mass is 10.2. The molecule has 0 radical (unpaired) electrons. The summed E-state index contributed by atoms with van der Waals surface area (Å²) in [5.41, 5.74) is 0.599. The molecule has 1 aromatic carbocycles. The van der Waals surface area contributed by atoms with Crippen molar-refractivity contribution in [1.82, 2.24) is 9.62 Å². The highest BCUT2D eigenvalue weighted by atomic mass is 32.2. The van der Waals surface area contributed by atoms with Gasteiger partial charge in [0.25, 0.3) is 0 Å². The third-order valence-electron chi connectivity index (χ3n) is 3.19. The van der Waals surface area contributed by atoms with Gasteiger partial charge in [0.05, 0.1) is 18.6 Å². The van der Waals surface area contributed by atoms with Gasteiger partial charge < -0.3 is 14.4 Å². The molecule has 116 valence electrons. The van der Waals surface area contributed by atoms with Crippen molar-refractivity contribution in [2.24, 2.45) is 0 Å². The predicted octanol–water partition coefficient (Wildman–Crippen LogP) is 0.734. The molecule has 0 unspecified atom stereocenters. The molecule has 1 heterocycles. The number of nitrogens with zero attached hydrogens (tertiary/aromatic N) is 1. The second kappa shape index (κ2) is 6.31. The Hall–Kier alpha value is -1.80. The molecule has 8 heteroatoms. The van der Waals surface area contributed by atoms with Crippen molar-refractivity contribution in [3.8, 4) is 5.75 Å². The monoisotopic (exact) mass is 314 g/mol. The fourth-order valence-corrected chi connectivity index (χ4v) is 3.32. The van der Waals surface area contributed by atoms with Crippen molar-refractivity contribution in [3.63, 3.8) is 0 Å². The molecule has 21 heavy (non-hydrogen) atoms. The number of aryl methyl sites for hydroxylation is 1. The minimum atomic E-state index is -3.61. The quantitative estimate of drug-likeness (QED) is 0.837. The van der Waals surface area contributed by atoms with Gasteiger partial charge in [-0.15, -0.1) is 0 Å². The van der Waals surface area contributed by atoms with E-state index < -0.39 is 16.1 Å². The van der Waals surface area contributed by atoms with E-state index >= 15 is 0 Å². The minimum absolute atomic E-state index is 0.142. The van der Waals surface area contributed by atoms with Gasteiger partial charge in [0.15, 0.2) is 0 Å². The second-order valence-electron chi connectivity index (χ2n) is 4.63. The molecule has 0 saturated carbocycles. The van der Waals surface area contributed by atoms with Gasteiger partial charge in [-0.25, -0.2) is 17.9 Å². The van der Waals surface area contributed by atoms with Crippen molar-refractivity contribution in [2.45, 2.75) is 11.8 Å². The number of cyclic esters (lactones) is 1. The lowest BCUT2D eigenvalue weighted by Gasteiger charge is -2.14. The number of carbonyl (C=O) groups is 1. The van der Waals surface area contributed by atoms with Crippen molar-refractivity contribution in [3.05, 3.63) is 23.8 Å². The zero-order valence-electron chi connectivity index (χ0n) is 12.0. The molecule has 0 spiro atoms. The maximum absolute atomic E-state index is 12.2. The average Bonchev–Trinajstić information content (AvgIpc) is 2.83. The van der Waals surface area contributed by atoms with Crippen LogP contribution in [-0.2, 0) is 14.8 Å². The topological polar surface area (TPSA) is 84.9 Å². The van der Waals surface area contributed by atoms with Crippen LogP contribution in [0.3, 0.4) is 0 Å². The molecule has 1 amide bonds. The van der Waals surface area contributed by atoms with Gasteiger partial charge in [0, 0.05) is 13.1 Å². The van der Waals surface area contributed by atoms with Crippen LogP contribution in [0.25, 0.3) is 0 Å². The highest BCUT2D eigenvalue weighted by Crippen LogP contribution is 2.20. The molecule has 1 N–H and O–H groups in total. The molecular formula is C13H18N2O5S. The number of amides is 1. The summed E-state index contributed by atoms with van der Waals surface area (Å²) in [6.07, 6.45) is -0.408. The summed E-state index contributed by atoms with van der Waals surface area (Å²) in [4.78, 5) is 12.9. The highest BCUT2D eigenvalue weighted by molar-refractivity contribution is 7.89. The van der Waals surface area contributed by atoms with Crippen LogP contribution in [-0.4, -0.2) is 52.8 Å². The van der Waals surface area contributed by atoms with Gasteiger partial charge >= 0.3 is 6.09 Å². The molecule has 1 aliphatic heterocycles. The van der Waals surface area contributed by atoms with Crippen molar-refractivity contribution < 1.29 is 22.7 Å². The van der Waals surface area contributed by atoms with E-state index in [2.05, 4.69) is 4.72 Å². The van der Waals surface area contributed by atoms with Crippen molar-refractivity contribution in [1.29, 1.82) is 0 Å². The Labute approximate surface area is 123 Å². The molecule has 2 rings (SSSR count). The molecule has 1 aliphatic rings. The third-order valence-corrected chi connectivity index (χ3v) is 4.81. The Morgan fingerprint density at radius 3 is 2.76 bits per heavy atom. The Morgan fingerprint density at radius 1 is 1.43 bits per heavy atom. The average molecular weight is 314 g/mol. The molecule has 1 fully saturated rings. The third kappa shape index (κ3) is 3.64. The van der Waals surface area contributed by atoms with Gasteiger partial charge in [-0.3, -0.25) is 0 Å². The molecule has 1 aromatic rings. The zero-order chi connectivity index (χ0) is 15.5. The maximum atomic E-state index is 12.2. The fourth-order valence-electron chi connectivity index (χ4n) is 2.07. The number of hydrogen-bond acceptors (Lipinski definition) is 5. The van der Waals surface area contributed by atoms with Crippen LogP contribution in [0.1, 0.15) is 5.56 Å². The number of hydrogen-bond donors (Lipinski definition) is 1.